The van der Waals surface area contributed by atoms with Gasteiger partial charge < -0.3 is 4.90 Å². The minimum atomic E-state index is -4.37. The van der Waals surface area contributed by atoms with Gasteiger partial charge in [-0.25, -0.2) is 0 Å². The van der Waals surface area contributed by atoms with Gasteiger partial charge in [-0.05, 0) is 18.2 Å². The standard InChI is InChI=1S/C19H16F3N3O2/c1-24(12-11-19(20,21)22)18(27)16-14-9-5-6-10-15(14)17(26)25(23-16)13-7-3-2-4-8-13/h2-10H,11-12H2,1H3. The zero-order chi connectivity index (χ0) is 19.6. The Labute approximate surface area is 152 Å². The number of hydrogen-bond donors (Lipinski definition) is 0. The second kappa shape index (κ2) is 7.22. The van der Waals surface area contributed by atoms with Gasteiger partial charge in [-0.3, -0.25) is 9.59 Å². The first-order valence-corrected chi connectivity index (χ1v) is 8.17. The Hall–Kier alpha value is -3.16. The van der Waals surface area contributed by atoms with E-state index in [9.17, 15) is 22.8 Å². The van der Waals surface area contributed by atoms with Crippen molar-refractivity contribution in [3.05, 3.63) is 70.6 Å². The summed E-state index contributed by atoms with van der Waals surface area (Å²) < 4.78 is 38.5. The number of nitrogens with zero attached hydrogens (tertiary/aromatic N) is 3. The number of carbonyl (C=O) groups is 1. The smallest absolute Gasteiger partial charge is 0.340 e. The lowest BCUT2D eigenvalue weighted by Gasteiger charge is -2.19. The Bertz CT molecular complexity index is 1030. The van der Waals surface area contributed by atoms with Crippen LogP contribution < -0.4 is 5.56 Å². The molecule has 0 aliphatic carbocycles. The highest BCUT2D eigenvalue weighted by molar-refractivity contribution is 6.04. The Morgan fingerprint density at radius 2 is 1.63 bits per heavy atom. The summed E-state index contributed by atoms with van der Waals surface area (Å²) >= 11 is 0. The van der Waals surface area contributed by atoms with Gasteiger partial charge in [-0.2, -0.15) is 23.0 Å². The molecule has 0 aliphatic heterocycles. The highest BCUT2D eigenvalue weighted by Crippen LogP contribution is 2.21. The number of aromatic nitrogens is 2. The van der Waals surface area contributed by atoms with Crippen LogP contribution >= 0.6 is 0 Å². The van der Waals surface area contributed by atoms with E-state index in [1.807, 2.05) is 0 Å². The first-order valence-electron chi connectivity index (χ1n) is 8.17. The number of carbonyl (C=O) groups excluding carboxylic acids is 1. The monoisotopic (exact) mass is 375 g/mol. The van der Waals surface area contributed by atoms with E-state index in [0.29, 0.717) is 11.1 Å². The van der Waals surface area contributed by atoms with Crippen LogP contribution in [-0.2, 0) is 0 Å². The van der Waals surface area contributed by atoms with Gasteiger partial charge in [0, 0.05) is 19.0 Å². The van der Waals surface area contributed by atoms with Crippen molar-refractivity contribution < 1.29 is 18.0 Å². The molecule has 140 valence electrons. The molecule has 5 nitrogen and oxygen atoms in total. The van der Waals surface area contributed by atoms with E-state index in [1.165, 1.54) is 7.05 Å². The van der Waals surface area contributed by atoms with E-state index in [4.69, 9.17) is 0 Å². The number of rotatable bonds is 4. The molecule has 0 saturated heterocycles. The van der Waals surface area contributed by atoms with Crippen LogP contribution in [0.5, 0.6) is 0 Å². The van der Waals surface area contributed by atoms with Gasteiger partial charge in [0.15, 0.2) is 5.69 Å². The summed E-state index contributed by atoms with van der Waals surface area (Å²) in [4.78, 5) is 26.5. The third kappa shape index (κ3) is 3.99. The van der Waals surface area contributed by atoms with Crippen LogP contribution in [0.3, 0.4) is 0 Å². The van der Waals surface area contributed by atoms with E-state index >= 15 is 0 Å². The van der Waals surface area contributed by atoms with E-state index in [1.54, 1.807) is 54.6 Å². The minimum absolute atomic E-state index is 0.0706. The number of halogens is 3. The lowest BCUT2D eigenvalue weighted by atomic mass is 10.1. The molecule has 1 aromatic heterocycles. The number of hydrogen-bond acceptors (Lipinski definition) is 3. The molecule has 8 heteroatoms. The largest absolute Gasteiger partial charge is 0.390 e. The Balaban J connectivity index is 2.11. The van der Waals surface area contributed by atoms with Gasteiger partial charge >= 0.3 is 6.18 Å². The van der Waals surface area contributed by atoms with Crippen LogP contribution in [-0.4, -0.2) is 40.4 Å². The topological polar surface area (TPSA) is 55.2 Å². The Kier molecular flexibility index (Phi) is 4.98. The first kappa shape index (κ1) is 18.6. The predicted octanol–water partition coefficient (Wildman–Crippen LogP) is 3.41. The highest BCUT2D eigenvalue weighted by atomic mass is 19.4. The van der Waals surface area contributed by atoms with E-state index in [2.05, 4.69) is 5.10 Å². The van der Waals surface area contributed by atoms with Crippen molar-refractivity contribution in [2.24, 2.45) is 0 Å². The molecule has 0 unspecified atom stereocenters. The third-order valence-electron chi connectivity index (χ3n) is 4.09. The SMILES string of the molecule is CN(CCC(F)(F)F)C(=O)c1nn(-c2ccccc2)c(=O)c2ccccc12. The molecule has 3 aromatic rings. The number of alkyl halides is 3. The van der Waals surface area contributed by atoms with Crippen LogP contribution in [0.15, 0.2) is 59.4 Å². The average molecular weight is 375 g/mol. The zero-order valence-corrected chi connectivity index (χ0v) is 14.4. The molecular formula is C19H16F3N3O2. The van der Waals surface area contributed by atoms with E-state index in [0.717, 1.165) is 9.58 Å². The Morgan fingerprint density at radius 1 is 1.04 bits per heavy atom. The van der Waals surface area contributed by atoms with Crippen LogP contribution in [0.1, 0.15) is 16.9 Å². The summed E-state index contributed by atoms with van der Waals surface area (Å²) in [6, 6.07) is 14.9. The summed E-state index contributed by atoms with van der Waals surface area (Å²) in [5.41, 5.74) is -0.0229. The summed E-state index contributed by atoms with van der Waals surface area (Å²) in [6.07, 6.45) is -5.49. The number of para-hydroxylation sites is 1. The van der Waals surface area contributed by atoms with Gasteiger partial charge in [0.2, 0.25) is 0 Å². The number of benzene rings is 2. The molecule has 0 atom stereocenters. The molecule has 0 radical (unpaired) electrons. The molecule has 0 aliphatic rings. The molecule has 27 heavy (non-hydrogen) atoms. The van der Waals surface area contributed by atoms with Crippen molar-refractivity contribution in [1.29, 1.82) is 0 Å². The van der Waals surface area contributed by atoms with E-state index in [-0.39, 0.29) is 11.1 Å². The van der Waals surface area contributed by atoms with Gasteiger partial charge in [0.05, 0.1) is 17.5 Å². The molecule has 0 fully saturated rings. The lowest BCUT2D eigenvalue weighted by Crippen LogP contribution is -2.33. The second-order valence-corrected chi connectivity index (χ2v) is 6.04. The zero-order valence-electron chi connectivity index (χ0n) is 14.4. The first-order chi connectivity index (χ1) is 12.8. The van der Waals surface area contributed by atoms with Gasteiger partial charge in [0.1, 0.15) is 0 Å². The van der Waals surface area contributed by atoms with Gasteiger partial charge in [-0.15, -0.1) is 0 Å². The summed E-state index contributed by atoms with van der Waals surface area (Å²) in [5.74, 6) is -0.680. The van der Waals surface area contributed by atoms with Crippen LogP contribution in [0.4, 0.5) is 13.2 Å². The highest BCUT2D eigenvalue weighted by Gasteiger charge is 2.29. The summed E-state index contributed by atoms with van der Waals surface area (Å²) in [6.45, 7) is -0.497. The molecule has 3 rings (SSSR count). The van der Waals surface area contributed by atoms with Gasteiger partial charge in [0.25, 0.3) is 11.5 Å². The Morgan fingerprint density at radius 3 is 2.26 bits per heavy atom. The van der Waals surface area contributed by atoms with Crippen molar-refractivity contribution in [1.82, 2.24) is 14.7 Å². The summed E-state index contributed by atoms with van der Waals surface area (Å²) in [5, 5.41) is 4.74. The normalized spacial score (nSPS) is 11.6. The van der Waals surface area contributed by atoms with Crippen molar-refractivity contribution in [2.45, 2.75) is 12.6 Å². The maximum absolute atomic E-state index is 12.8. The van der Waals surface area contributed by atoms with E-state index < -0.39 is 30.6 Å². The summed E-state index contributed by atoms with van der Waals surface area (Å²) in [7, 11) is 1.28. The van der Waals surface area contributed by atoms with Crippen molar-refractivity contribution in [3.63, 3.8) is 0 Å². The quantitative estimate of drug-likeness (QED) is 0.702. The van der Waals surface area contributed by atoms with Crippen LogP contribution in [0.2, 0.25) is 0 Å². The van der Waals surface area contributed by atoms with Crippen molar-refractivity contribution in [2.75, 3.05) is 13.6 Å². The molecular weight excluding hydrogens is 359 g/mol. The molecule has 1 heterocycles. The minimum Gasteiger partial charge on any atom is -0.340 e. The second-order valence-electron chi connectivity index (χ2n) is 6.04. The molecule has 0 spiro atoms. The fourth-order valence-corrected chi connectivity index (χ4v) is 2.67. The molecule has 0 saturated carbocycles. The average Bonchev–Trinajstić information content (AvgIpc) is 2.66. The van der Waals surface area contributed by atoms with Crippen LogP contribution in [0.25, 0.3) is 16.5 Å². The molecule has 0 N–H and O–H groups in total. The fraction of sp³-hybridized carbons (Fsp3) is 0.211. The molecule has 1 amide bonds. The third-order valence-corrected chi connectivity index (χ3v) is 4.09. The maximum atomic E-state index is 12.8. The van der Waals surface area contributed by atoms with Gasteiger partial charge in [-0.1, -0.05) is 36.4 Å². The van der Waals surface area contributed by atoms with Crippen molar-refractivity contribution >= 4 is 16.7 Å². The molecule has 2 aromatic carbocycles. The maximum Gasteiger partial charge on any atom is 0.390 e. The number of amides is 1. The number of fused-ring (bicyclic) bond motifs is 1. The molecule has 0 bridgehead atoms. The predicted molar refractivity (Wildman–Crippen MR) is 95.0 cm³/mol. The van der Waals surface area contributed by atoms with Crippen molar-refractivity contribution in [3.8, 4) is 5.69 Å². The lowest BCUT2D eigenvalue weighted by molar-refractivity contribution is -0.136. The fourth-order valence-electron chi connectivity index (χ4n) is 2.67. The van der Waals surface area contributed by atoms with Crippen LogP contribution in [0, 0.1) is 0 Å².